The van der Waals surface area contributed by atoms with Crippen molar-refractivity contribution >= 4 is 16.9 Å². The second-order valence-corrected chi connectivity index (χ2v) is 6.17. The third-order valence-corrected chi connectivity index (χ3v) is 4.64. The summed E-state index contributed by atoms with van der Waals surface area (Å²) in [5, 5.41) is 10.2. The maximum atomic E-state index is 12.8. The first-order chi connectivity index (χ1) is 13.5. The van der Waals surface area contributed by atoms with Gasteiger partial charge in [-0.05, 0) is 29.8 Å². The third-order valence-electron chi connectivity index (χ3n) is 4.64. The SMILES string of the molecule is COC(=O)c1ccc(C2C(C#N)=C(N)Oc3c2c(=O)oc2ccccc32)cc1. The molecule has 0 spiro atoms. The number of esters is 1. The summed E-state index contributed by atoms with van der Waals surface area (Å²) in [6.07, 6.45) is 0. The quantitative estimate of drug-likeness (QED) is 0.541. The highest BCUT2D eigenvalue weighted by molar-refractivity contribution is 5.89. The highest BCUT2D eigenvalue weighted by atomic mass is 16.5. The minimum atomic E-state index is -0.777. The molecule has 1 atom stereocenters. The van der Waals surface area contributed by atoms with E-state index in [0.717, 1.165) is 0 Å². The lowest BCUT2D eigenvalue weighted by molar-refractivity contribution is 0.0600. The average Bonchev–Trinajstić information content (AvgIpc) is 2.72. The van der Waals surface area contributed by atoms with Crippen LogP contribution in [-0.4, -0.2) is 13.1 Å². The summed E-state index contributed by atoms with van der Waals surface area (Å²) in [6, 6.07) is 15.4. The van der Waals surface area contributed by atoms with Gasteiger partial charge in [-0.2, -0.15) is 5.26 Å². The minimum absolute atomic E-state index is 0.0761. The van der Waals surface area contributed by atoms with Crippen LogP contribution in [0.2, 0.25) is 0 Å². The molecule has 1 aromatic heterocycles. The van der Waals surface area contributed by atoms with E-state index >= 15 is 0 Å². The summed E-state index contributed by atoms with van der Waals surface area (Å²) in [5.41, 5.74) is 6.98. The molecule has 7 heteroatoms. The molecule has 4 rings (SSSR count). The lowest BCUT2D eigenvalue weighted by atomic mass is 9.83. The molecule has 1 unspecified atom stereocenters. The molecular formula is C21H14N2O5. The number of benzene rings is 2. The maximum absolute atomic E-state index is 12.8. The Labute approximate surface area is 159 Å². The van der Waals surface area contributed by atoms with E-state index in [1.807, 2.05) is 6.07 Å². The second kappa shape index (κ2) is 6.59. The van der Waals surface area contributed by atoms with Crippen molar-refractivity contribution in [2.45, 2.75) is 5.92 Å². The molecule has 0 amide bonds. The van der Waals surface area contributed by atoms with Crippen molar-refractivity contribution in [3.63, 3.8) is 0 Å². The summed E-state index contributed by atoms with van der Waals surface area (Å²) in [5.74, 6) is -1.07. The number of fused-ring (bicyclic) bond motifs is 3. The van der Waals surface area contributed by atoms with E-state index in [-0.39, 0.29) is 22.8 Å². The van der Waals surface area contributed by atoms with Gasteiger partial charge >= 0.3 is 11.6 Å². The normalized spacial score (nSPS) is 15.5. The van der Waals surface area contributed by atoms with Crippen LogP contribution in [0.25, 0.3) is 11.0 Å². The molecule has 0 radical (unpaired) electrons. The standard InChI is InChI=1S/C21H14N2O5/c1-26-20(24)12-8-6-11(7-9-12)16-14(10-22)19(23)28-18-13-4-2-3-5-15(13)27-21(25)17(16)18/h2-9,16H,23H2,1H3. The highest BCUT2D eigenvalue weighted by Crippen LogP contribution is 2.43. The van der Waals surface area contributed by atoms with Gasteiger partial charge in [0.1, 0.15) is 17.2 Å². The van der Waals surface area contributed by atoms with E-state index in [1.165, 1.54) is 7.11 Å². The molecule has 1 aliphatic heterocycles. The van der Waals surface area contributed by atoms with Gasteiger partial charge in [0.15, 0.2) is 5.75 Å². The molecule has 28 heavy (non-hydrogen) atoms. The second-order valence-electron chi connectivity index (χ2n) is 6.17. The predicted octanol–water partition coefficient (Wildman–Crippen LogP) is 2.80. The number of allylic oxidation sites excluding steroid dienone is 1. The summed E-state index contributed by atoms with van der Waals surface area (Å²) in [7, 11) is 1.29. The molecule has 2 aromatic carbocycles. The fraction of sp³-hybridized carbons (Fsp3) is 0.0952. The Kier molecular flexibility index (Phi) is 4.09. The zero-order valence-electron chi connectivity index (χ0n) is 14.8. The molecule has 138 valence electrons. The van der Waals surface area contributed by atoms with Crippen molar-refractivity contribution in [1.82, 2.24) is 0 Å². The molecule has 2 heterocycles. The smallest absolute Gasteiger partial charge is 0.344 e. The van der Waals surface area contributed by atoms with Crippen molar-refractivity contribution in [1.29, 1.82) is 5.26 Å². The first kappa shape index (κ1) is 17.4. The molecule has 0 bridgehead atoms. The largest absolute Gasteiger partial charge is 0.465 e. The number of carbonyl (C=O) groups is 1. The number of rotatable bonds is 2. The fourth-order valence-electron chi connectivity index (χ4n) is 3.33. The zero-order valence-corrected chi connectivity index (χ0v) is 14.8. The van der Waals surface area contributed by atoms with Gasteiger partial charge in [-0.1, -0.05) is 24.3 Å². The Bertz CT molecular complexity index is 1230. The fourth-order valence-corrected chi connectivity index (χ4v) is 3.33. The Morgan fingerprint density at radius 1 is 1.18 bits per heavy atom. The lowest BCUT2D eigenvalue weighted by Crippen LogP contribution is -2.26. The van der Waals surface area contributed by atoms with Crippen molar-refractivity contribution in [2.75, 3.05) is 7.11 Å². The van der Waals surface area contributed by atoms with Crippen LogP contribution in [0.3, 0.4) is 0 Å². The van der Waals surface area contributed by atoms with Crippen LogP contribution < -0.4 is 16.1 Å². The molecule has 0 fully saturated rings. The Morgan fingerprint density at radius 3 is 2.57 bits per heavy atom. The number of carbonyl (C=O) groups excluding carboxylic acids is 1. The predicted molar refractivity (Wildman–Crippen MR) is 99.6 cm³/mol. The molecule has 1 aliphatic rings. The molecule has 7 nitrogen and oxygen atoms in total. The van der Waals surface area contributed by atoms with Crippen molar-refractivity contribution in [2.24, 2.45) is 5.73 Å². The molecule has 2 N–H and O–H groups in total. The Morgan fingerprint density at radius 2 is 1.89 bits per heavy atom. The summed E-state index contributed by atoms with van der Waals surface area (Å²) >= 11 is 0. The first-order valence-electron chi connectivity index (χ1n) is 8.36. The number of nitrogens with zero attached hydrogens (tertiary/aromatic N) is 1. The van der Waals surface area contributed by atoms with E-state index in [2.05, 4.69) is 0 Å². The molecule has 0 aliphatic carbocycles. The van der Waals surface area contributed by atoms with Crippen LogP contribution in [0.15, 0.2) is 69.2 Å². The van der Waals surface area contributed by atoms with Crippen molar-refractivity contribution in [3.05, 3.63) is 87.1 Å². The number of methoxy groups -OCH3 is 1. The number of hydrogen-bond acceptors (Lipinski definition) is 7. The van der Waals surface area contributed by atoms with Gasteiger partial charge in [-0.3, -0.25) is 0 Å². The van der Waals surface area contributed by atoms with E-state index in [0.29, 0.717) is 22.1 Å². The average molecular weight is 374 g/mol. The van der Waals surface area contributed by atoms with E-state index in [9.17, 15) is 14.9 Å². The number of nitrogens with two attached hydrogens (primary N) is 1. The van der Waals surface area contributed by atoms with E-state index < -0.39 is 17.5 Å². The number of hydrogen-bond donors (Lipinski definition) is 1. The summed E-state index contributed by atoms with van der Waals surface area (Å²) in [6.45, 7) is 0. The van der Waals surface area contributed by atoms with Crippen molar-refractivity contribution < 1.29 is 18.7 Å². The third kappa shape index (κ3) is 2.59. The summed E-state index contributed by atoms with van der Waals surface area (Å²) in [4.78, 5) is 24.4. The maximum Gasteiger partial charge on any atom is 0.344 e. The number of para-hydroxylation sites is 1. The molecule has 3 aromatic rings. The molecule has 0 saturated carbocycles. The lowest BCUT2D eigenvalue weighted by Gasteiger charge is -2.26. The zero-order chi connectivity index (χ0) is 19.8. The van der Waals surface area contributed by atoms with Crippen LogP contribution in [0, 0.1) is 11.3 Å². The number of ether oxygens (including phenoxy) is 2. The van der Waals surface area contributed by atoms with Crippen LogP contribution in [0.4, 0.5) is 0 Å². The van der Waals surface area contributed by atoms with E-state index in [4.69, 9.17) is 19.6 Å². The van der Waals surface area contributed by atoms with Crippen molar-refractivity contribution in [3.8, 4) is 11.8 Å². The van der Waals surface area contributed by atoms with Crippen LogP contribution >= 0.6 is 0 Å². The molecule has 0 saturated heterocycles. The van der Waals surface area contributed by atoms with Gasteiger partial charge in [-0.25, -0.2) is 9.59 Å². The summed E-state index contributed by atoms with van der Waals surface area (Å²) < 4.78 is 15.8. The van der Waals surface area contributed by atoms with Gasteiger partial charge in [0.05, 0.1) is 29.5 Å². The van der Waals surface area contributed by atoms with Gasteiger partial charge in [0, 0.05) is 0 Å². The first-order valence-corrected chi connectivity index (χ1v) is 8.36. The monoisotopic (exact) mass is 374 g/mol. The van der Waals surface area contributed by atoms with Gasteiger partial charge < -0.3 is 19.6 Å². The molecular weight excluding hydrogens is 360 g/mol. The van der Waals surface area contributed by atoms with Crippen LogP contribution in [-0.2, 0) is 4.74 Å². The Hall–Kier alpha value is -4.05. The van der Waals surface area contributed by atoms with Crippen LogP contribution in [0.5, 0.6) is 5.75 Å². The van der Waals surface area contributed by atoms with Crippen LogP contribution in [0.1, 0.15) is 27.4 Å². The minimum Gasteiger partial charge on any atom is -0.465 e. The highest BCUT2D eigenvalue weighted by Gasteiger charge is 2.35. The van der Waals surface area contributed by atoms with E-state index in [1.54, 1.807) is 48.5 Å². The Balaban J connectivity index is 1.97. The van der Waals surface area contributed by atoms with Gasteiger partial charge in [-0.15, -0.1) is 0 Å². The topological polar surface area (TPSA) is 116 Å². The van der Waals surface area contributed by atoms with Gasteiger partial charge in [0.2, 0.25) is 5.88 Å². The number of nitriles is 1. The van der Waals surface area contributed by atoms with Gasteiger partial charge in [0.25, 0.3) is 0 Å².